The van der Waals surface area contributed by atoms with Gasteiger partial charge in [0.15, 0.2) is 0 Å². The fourth-order valence-corrected chi connectivity index (χ4v) is 1.99. The molecule has 0 spiro atoms. The Bertz CT molecular complexity index is 502. The Morgan fingerprint density at radius 1 is 1.53 bits per heavy atom. The standard InChI is InChI=1S/C10H15FN2O3S/c1-7(14)6-13(2)10-4-3-8(5-9(10)11)17(12,15)16/h3-5,7,14H,6H2,1-2H3,(H2,12,15,16). The molecule has 0 amide bonds. The van der Waals surface area contributed by atoms with Crippen LogP contribution in [-0.2, 0) is 10.0 Å². The van der Waals surface area contributed by atoms with Gasteiger partial charge in [0, 0.05) is 13.6 Å². The highest BCUT2D eigenvalue weighted by Gasteiger charge is 2.14. The zero-order chi connectivity index (χ0) is 13.2. The number of benzene rings is 1. The predicted molar refractivity (Wildman–Crippen MR) is 62.7 cm³/mol. The van der Waals surface area contributed by atoms with E-state index in [4.69, 9.17) is 5.14 Å². The Balaban J connectivity index is 3.06. The Kier molecular flexibility index (Phi) is 4.07. The van der Waals surface area contributed by atoms with Crippen LogP contribution < -0.4 is 10.0 Å². The maximum atomic E-state index is 13.6. The molecule has 0 aliphatic rings. The van der Waals surface area contributed by atoms with Crippen molar-refractivity contribution in [3.63, 3.8) is 0 Å². The number of anilines is 1. The van der Waals surface area contributed by atoms with E-state index < -0.39 is 21.9 Å². The zero-order valence-corrected chi connectivity index (χ0v) is 10.4. The third-order valence-electron chi connectivity index (χ3n) is 2.20. The zero-order valence-electron chi connectivity index (χ0n) is 9.59. The van der Waals surface area contributed by atoms with E-state index in [2.05, 4.69) is 0 Å². The smallest absolute Gasteiger partial charge is 0.238 e. The quantitative estimate of drug-likeness (QED) is 0.817. The number of nitrogens with zero attached hydrogens (tertiary/aromatic N) is 1. The minimum absolute atomic E-state index is 0.207. The fraction of sp³-hybridized carbons (Fsp3) is 0.400. The summed E-state index contributed by atoms with van der Waals surface area (Å²) >= 11 is 0. The van der Waals surface area contributed by atoms with Crippen LogP contribution in [0.25, 0.3) is 0 Å². The maximum Gasteiger partial charge on any atom is 0.238 e. The Morgan fingerprint density at radius 3 is 2.53 bits per heavy atom. The van der Waals surface area contributed by atoms with Crippen LogP contribution in [0.3, 0.4) is 0 Å². The van der Waals surface area contributed by atoms with E-state index in [9.17, 15) is 17.9 Å². The highest BCUT2D eigenvalue weighted by molar-refractivity contribution is 7.89. The number of hydrogen-bond donors (Lipinski definition) is 2. The summed E-state index contributed by atoms with van der Waals surface area (Å²) in [5.74, 6) is -0.695. The average molecular weight is 262 g/mol. The maximum absolute atomic E-state index is 13.6. The molecular formula is C10H15FN2O3S. The summed E-state index contributed by atoms with van der Waals surface area (Å²) in [6.45, 7) is 1.82. The number of nitrogens with two attached hydrogens (primary N) is 1. The van der Waals surface area contributed by atoms with Crippen LogP contribution in [0.1, 0.15) is 6.92 Å². The van der Waals surface area contributed by atoms with Gasteiger partial charge in [-0.2, -0.15) is 0 Å². The lowest BCUT2D eigenvalue weighted by molar-refractivity contribution is 0.201. The SMILES string of the molecule is CC(O)CN(C)c1ccc(S(N)(=O)=O)cc1F. The summed E-state index contributed by atoms with van der Waals surface area (Å²) < 4.78 is 35.6. The monoisotopic (exact) mass is 262 g/mol. The first-order valence-electron chi connectivity index (χ1n) is 4.93. The fourth-order valence-electron chi connectivity index (χ4n) is 1.47. The van der Waals surface area contributed by atoms with Crippen molar-refractivity contribution < 1.29 is 17.9 Å². The normalized spacial score (nSPS) is 13.5. The van der Waals surface area contributed by atoms with Crippen molar-refractivity contribution in [3.8, 4) is 0 Å². The Labute approximate surface area is 99.7 Å². The van der Waals surface area contributed by atoms with Crippen LogP contribution in [0.2, 0.25) is 0 Å². The minimum Gasteiger partial charge on any atom is -0.392 e. The van der Waals surface area contributed by atoms with Crippen molar-refractivity contribution in [2.75, 3.05) is 18.5 Å². The number of rotatable bonds is 4. The molecule has 1 atom stereocenters. The van der Waals surface area contributed by atoms with Crippen LogP contribution in [0.4, 0.5) is 10.1 Å². The lowest BCUT2D eigenvalue weighted by atomic mass is 10.2. The van der Waals surface area contributed by atoms with E-state index in [1.807, 2.05) is 0 Å². The second-order valence-electron chi connectivity index (χ2n) is 3.89. The molecule has 1 aromatic rings. The van der Waals surface area contributed by atoms with Crippen LogP contribution in [0, 0.1) is 5.82 Å². The third-order valence-corrected chi connectivity index (χ3v) is 3.11. The number of likely N-dealkylation sites (N-methyl/N-ethyl adjacent to an activating group) is 1. The molecule has 0 saturated heterocycles. The summed E-state index contributed by atoms with van der Waals surface area (Å²) in [7, 11) is -2.30. The van der Waals surface area contributed by atoms with E-state index in [0.29, 0.717) is 0 Å². The number of sulfonamides is 1. The highest BCUT2D eigenvalue weighted by atomic mass is 32.2. The van der Waals surface area contributed by atoms with E-state index in [-0.39, 0.29) is 17.1 Å². The molecule has 5 nitrogen and oxygen atoms in total. The molecule has 7 heteroatoms. The van der Waals surface area contributed by atoms with Crippen molar-refractivity contribution in [3.05, 3.63) is 24.0 Å². The largest absolute Gasteiger partial charge is 0.392 e. The summed E-state index contributed by atoms with van der Waals surface area (Å²) in [6.07, 6.45) is -0.614. The topological polar surface area (TPSA) is 83.6 Å². The van der Waals surface area contributed by atoms with Gasteiger partial charge in [-0.05, 0) is 25.1 Å². The summed E-state index contributed by atoms with van der Waals surface area (Å²) in [4.78, 5) is 1.22. The summed E-state index contributed by atoms with van der Waals surface area (Å²) in [6, 6.07) is 3.41. The van der Waals surface area contributed by atoms with Crippen LogP contribution in [0.5, 0.6) is 0 Å². The first kappa shape index (κ1) is 13.9. The number of aliphatic hydroxyl groups excluding tert-OH is 1. The lowest BCUT2D eigenvalue weighted by Crippen LogP contribution is -2.27. The molecule has 1 rings (SSSR count). The number of primary sulfonamides is 1. The second kappa shape index (κ2) is 4.99. The van der Waals surface area contributed by atoms with Gasteiger partial charge in [-0.25, -0.2) is 17.9 Å². The average Bonchev–Trinajstić information content (AvgIpc) is 2.14. The van der Waals surface area contributed by atoms with Crippen molar-refractivity contribution >= 4 is 15.7 Å². The molecule has 1 unspecified atom stereocenters. The molecule has 0 aliphatic carbocycles. The summed E-state index contributed by atoms with van der Waals surface area (Å²) in [5, 5.41) is 14.1. The molecular weight excluding hydrogens is 247 g/mol. The Morgan fingerprint density at radius 2 is 2.12 bits per heavy atom. The van der Waals surface area contributed by atoms with E-state index >= 15 is 0 Å². The second-order valence-corrected chi connectivity index (χ2v) is 5.45. The van der Waals surface area contributed by atoms with Gasteiger partial charge in [-0.15, -0.1) is 0 Å². The van der Waals surface area contributed by atoms with Crippen molar-refractivity contribution in [2.45, 2.75) is 17.9 Å². The summed E-state index contributed by atoms with van der Waals surface area (Å²) in [5.41, 5.74) is 0.207. The lowest BCUT2D eigenvalue weighted by Gasteiger charge is -2.21. The van der Waals surface area contributed by atoms with Gasteiger partial charge in [0.05, 0.1) is 16.7 Å². The van der Waals surface area contributed by atoms with Gasteiger partial charge in [0.25, 0.3) is 0 Å². The molecule has 0 bridgehead atoms. The van der Waals surface area contributed by atoms with Gasteiger partial charge in [0.1, 0.15) is 5.82 Å². The molecule has 0 saturated carbocycles. The third kappa shape index (κ3) is 3.65. The molecule has 1 aromatic carbocycles. The minimum atomic E-state index is -3.90. The molecule has 0 aliphatic heterocycles. The van der Waals surface area contributed by atoms with Gasteiger partial charge in [-0.1, -0.05) is 0 Å². The molecule has 0 radical (unpaired) electrons. The number of hydrogen-bond acceptors (Lipinski definition) is 4. The molecule has 0 aromatic heterocycles. The first-order chi connectivity index (χ1) is 7.71. The van der Waals surface area contributed by atoms with Crippen molar-refractivity contribution in [1.29, 1.82) is 0 Å². The molecule has 17 heavy (non-hydrogen) atoms. The number of aliphatic hydroxyl groups is 1. The van der Waals surface area contributed by atoms with Crippen LogP contribution >= 0.6 is 0 Å². The van der Waals surface area contributed by atoms with Gasteiger partial charge >= 0.3 is 0 Å². The first-order valence-corrected chi connectivity index (χ1v) is 6.48. The van der Waals surface area contributed by atoms with E-state index in [1.165, 1.54) is 17.0 Å². The van der Waals surface area contributed by atoms with Crippen molar-refractivity contribution in [1.82, 2.24) is 0 Å². The van der Waals surface area contributed by atoms with Crippen molar-refractivity contribution in [2.24, 2.45) is 5.14 Å². The van der Waals surface area contributed by atoms with Gasteiger partial charge in [0.2, 0.25) is 10.0 Å². The Hall–Kier alpha value is -1.18. The van der Waals surface area contributed by atoms with E-state index in [1.54, 1.807) is 14.0 Å². The number of halogens is 1. The van der Waals surface area contributed by atoms with Crippen LogP contribution in [-0.4, -0.2) is 33.2 Å². The molecule has 0 heterocycles. The van der Waals surface area contributed by atoms with Gasteiger partial charge in [-0.3, -0.25) is 0 Å². The predicted octanol–water partition coefficient (Wildman–Crippen LogP) is 0.290. The molecule has 3 N–H and O–H groups in total. The van der Waals surface area contributed by atoms with Gasteiger partial charge < -0.3 is 10.0 Å². The van der Waals surface area contributed by atoms with E-state index in [0.717, 1.165) is 6.07 Å². The molecule has 96 valence electrons. The molecule has 0 fully saturated rings. The van der Waals surface area contributed by atoms with Crippen LogP contribution in [0.15, 0.2) is 23.1 Å². The highest BCUT2D eigenvalue weighted by Crippen LogP contribution is 2.21.